The van der Waals surface area contributed by atoms with Crippen LogP contribution in [0.5, 0.6) is 0 Å². The molecule has 4 aromatic rings. The lowest BCUT2D eigenvalue weighted by molar-refractivity contribution is 0.219. The molecule has 0 aliphatic carbocycles. The summed E-state index contributed by atoms with van der Waals surface area (Å²) in [6.45, 7) is 8.66. The number of hydrogen-bond acceptors (Lipinski definition) is 4. The van der Waals surface area contributed by atoms with Gasteiger partial charge in [0.15, 0.2) is 0 Å². The van der Waals surface area contributed by atoms with Crippen LogP contribution in [0.4, 0.5) is 17.1 Å². The maximum atomic E-state index is 12.9. The SMILES string of the molecule is CCOP(=O)(Cc1cccc(/C=C/c2ccc(N(c3ccccc3)c3ccc(C)cc3C)cc2)c1)OCC. The van der Waals surface area contributed by atoms with E-state index in [0.717, 1.165) is 28.1 Å². The van der Waals surface area contributed by atoms with Gasteiger partial charge in [-0.05, 0) is 80.3 Å². The Morgan fingerprint density at radius 3 is 2.03 bits per heavy atom. The molecule has 0 saturated heterocycles. The normalized spacial score (nSPS) is 11.7. The van der Waals surface area contributed by atoms with Crippen molar-refractivity contribution in [3.05, 3.63) is 125 Å². The number of benzene rings is 4. The summed E-state index contributed by atoms with van der Waals surface area (Å²) in [6.07, 6.45) is 4.43. The van der Waals surface area contributed by atoms with Crippen LogP contribution in [0.2, 0.25) is 0 Å². The van der Waals surface area contributed by atoms with E-state index in [1.165, 1.54) is 16.8 Å². The van der Waals surface area contributed by atoms with E-state index in [4.69, 9.17) is 9.05 Å². The first kappa shape index (κ1) is 27.6. The molecule has 0 fully saturated rings. The Balaban J connectivity index is 1.56. The molecule has 38 heavy (non-hydrogen) atoms. The Bertz CT molecular complexity index is 1400. The van der Waals surface area contributed by atoms with Crippen LogP contribution < -0.4 is 4.90 Å². The van der Waals surface area contributed by atoms with Gasteiger partial charge in [-0.25, -0.2) is 0 Å². The van der Waals surface area contributed by atoms with E-state index < -0.39 is 7.60 Å². The van der Waals surface area contributed by atoms with Gasteiger partial charge in [0.2, 0.25) is 0 Å². The molecule has 0 amide bonds. The van der Waals surface area contributed by atoms with Crippen molar-refractivity contribution in [1.82, 2.24) is 0 Å². The van der Waals surface area contributed by atoms with Crippen LogP contribution in [0.1, 0.15) is 41.7 Å². The zero-order valence-corrected chi connectivity index (χ0v) is 23.5. The van der Waals surface area contributed by atoms with Crippen molar-refractivity contribution in [1.29, 1.82) is 0 Å². The molecule has 0 aliphatic rings. The lowest BCUT2D eigenvalue weighted by Gasteiger charge is -2.27. The quantitative estimate of drug-likeness (QED) is 0.144. The topological polar surface area (TPSA) is 38.8 Å². The molecule has 5 heteroatoms. The standard InChI is InChI=1S/C33H36NO3P/c1-5-36-38(35,37-6-2)25-30-12-10-11-29(24-30)17-16-28-18-20-32(21-19-28)34(31-13-8-7-9-14-31)33-22-15-26(3)23-27(33)4/h7-24H,5-6,25H2,1-4H3/b17-16+. The van der Waals surface area contributed by atoms with Crippen LogP contribution in [0, 0.1) is 13.8 Å². The summed E-state index contributed by atoms with van der Waals surface area (Å²) in [6, 6.07) is 33.6. The summed E-state index contributed by atoms with van der Waals surface area (Å²) in [5, 5.41) is 0. The first-order valence-corrected chi connectivity index (χ1v) is 14.8. The van der Waals surface area contributed by atoms with Crippen molar-refractivity contribution in [2.75, 3.05) is 18.1 Å². The number of hydrogen-bond donors (Lipinski definition) is 0. The first-order chi connectivity index (χ1) is 18.4. The second-order valence-electron chi connectivity index (χ2n) is 9.24. The van der Waals surface area contributed by atoms with Crippen molar-refractivity contribution in [2.24, 2.45) is 0 Å². The fraction of sp³-hybridized carbons (Fsp3) is 0.212. The number of anilines is 3. The highest BCUT2D eigenvalue weighted by atomic mass is 31.2. The average Bonchev–Trinajstić information content (AvgIpc) is 2.90. The molecule has 0 aliphatic heterocycles. The minimum Gasteiger partial charge on any atom is -0.310 e. The van der Waals surface area contributed by atoms with Gasteiger partial charge in [-0.2, -0.15) is 0 Å². The Hall–Kier alpha value is -3.43. The maximum absolute atomic E-state index is 12.9. The summed E-state index contributed by atoms with van der Waals surface area (Å²) < 4.78 is 23.9. The molecule has 0 N–H and O–H groups in total. The number of rotatable bonds is 11. The molecule has 0 saturated carbocycles. The van der Waals surface area contributed by atoms with Crippen LogP contribution in [-0.4, -0.2) is 13.2 Å². The van der Waals surface area contributed by atoms with E-state index in [1.54, 1.807) is 0 Å². The van der Waals surface area contributed by atoms with Gasteiger partial charge in [0, 0.05) is 17.1 Å². The molecule has 0 unspecified atom stereocenters. The maximum Gasteiger partial charge on any atom is 0.335 e. The second kappa shape index (κ2) is 12.9. The molecule has 0 heterocycles. The Morgan fingerprint density at radius 2 is 1.37 bits per heavy atom. The van der Waals surface area contributed by atoms with E-state index in [2.05, 4.69) is 97.6 Å². The predicted molar refractivity (Wildman–Crippen MR) is 161 cm³/mol. The molecule has 196 valence electrons. The van der Waals surface area contributed by atoms with Crippen LogP contribution in [0.3, 0.4) is 0 Å². The van der Waals surface area contributed by atoms with E-state index in [0.29, 0.717) is 13.2 Å². The molecular formula is C33H36NO3P. The Kier molecular flexibility index (Phi) is 9.36. The van der Waals surface area contributed by atoms with Crippen molar-refractivity contribution < 1.29 is 13.6 Å². The van der Waals surface area contributed by atoms with E-state index in [1.807, 2.05) is 44.2 Å². The third-order valence-corrected chi connectivity index (χ3v) is 8.26. The molecule has 4 nitrogen and oxygen atoms in total. The van der Waals surface area contributed by atoms with E-state index in [9.17, 15) is 4.57 Å². The van der Waals surface area contributed by atoms with Crippen LogP contribution in [-0.2, 0) is 19.8 Å². The van der Waals surface area contributed by atoms with Crippen molar-refractivity contribution >= 4 is 36.8 Å². The molecule has 0 aromatic heterocycles. The Labute approximate surface area is 227 Å². The molecule has 0 atom stereocenters. The second-order valence-corrected chi connectivity index (χ2v) is 11.3. The third-order valence-electron chi connectivity index (χ3n) is 6.21. The van der Waals surface area contributed by atoms with Gasteiger partial charge in [-0.15, -0.1) is 0 Å². The summed E-state index contributed by atoms with van der Waals surface area (Å²) in [4.78, 5) is 2.29. The zero-order valence-electron chi connectivity index (χ0n) is 22.6. The fourth-order valence-corrected chi connectivity index (χ4v) is 6.22. The summed E-state index contributed by atoms with van der Waals surface area (Å²) in [5.74, 6) is 0. The molecular weight excluding hydrogens is 489 g/mol. The highest BCUT2D eigenvalue weighted by molar-refractivity contribution is 7.53. The zero-order chi connectivity index (χ0) is 27.0. The van der Waals surface area contributed by atoms with Crippen molar-refractivity contribution in [3.8, 4) is 0 Å². The van der Waals surface area contributed by atoms with Gasteiger partial charge in [0.05, 0.1) is 19.4 Å². The van der Waals surface area contributed by atoms with Crippen molar-refractivity contribution in [3.63, 3.8) is 0 Å². The van der Waals surface area contributed by atoms with Crippen LogP contribution in [0.25, 0.3) is 12.2 Å². The number of aryl methyl sites for hydroxylation is 2. The lowest BCUT2D eigenvalue weighted by Crippen LogP contribution is -2.11. The minimum absolute atomic E-state index is 0.263. The summed E-state index contributed by atoms with van der Waals surface area (Å²) in [5.41, 5.74) is 8.94. The van der Waals surface area contributed by atoms with Gasteiger partial charge in [-0.3, -0.25) is 4.57 Å². The molecule has 0 radical (unpaired) electrons. The van der Waals surface area contributed by atoms with Gasteiger partial charge < -0.3 is 13.9 Å². The summed E-state index contributed by atoms with van der Waals surface area (Å²) >= 11 is 0. The largest absolute Gasteiger partial charge is 0.335 e. The molecule has 4 rings (SSSR count). The van der Waals surface area contributed by atoms with Gasteiger partial charge in [-0.1, -0.05) is 84.4 Å². The average molecular weight is 526 g/mol. The number of nitrogens with zero attached hydrogens (tertiary/aromatic N) is 1. The van der Waals surface area contributed by atoms with Crippen molar-refractivity contribution in [2.45, 2.75) is 33.9 Å². The van der Waals surface area contributed by atoms with Gasteiger partial charge in [0.25, 0.3) is 0 Å². The predicted octanol–water partition coefficient (Wildman–Crippen LogP) is 9.71. The van der Waals surface area contributed by atoms with Crippen LogP contribution >= 0.6 is 7.60 Å². The molecule has 0 spiro atoms. The smallest absolute Gasteiger partial charge is 0.310 e. The first-order valence-electron chi connectivity index (χ1n) is 13.1. The van der Waals surface area contributed by atoms with E-state index >= 15 is 0 Å². The Morgan fingerprint density at radius 1 is 0.711 bits per heavy atom. The summed E-state index contributed by atoms with van der Waals surface area (Å²) in [7, 11) is -3.14. The van der Waals surface area contributed by atoms with Crippen LogP contribution in [0.15, 0.2) is 97.1 Å². The lowest BCUT2D eigenvalue weighted by atomic mass is 10.1. The van der Waals surface area contributed by atoms with E-state index in [-0.39, 0.29) is 6.16 Å². The van der Waals surface area contributed by atoms with Gasteiger partial charge >= 0.3 is 7.60 Å². The monoisotopic (exact) mass is 525 g/mol. The highest BCUT2D eigenvalue weighted by Crippen LogP contribution is 2.51. The molecule has 0 bridgehead atoms. The number of para-hydroxylation sites is 1. The third kappa shape index (κ3) is 7.11. The van der Waals surface area contributed by atoms with Gasteiger partial charge in [0.1, 0.15) is 0 Å². The highest BCUT2D eigenvalue weighted by Gasteiger charge is 2.24. The minimum atomic E-state index is -3.14. The fourth-order valence-electron chi connectivity index (χ4n) is 4.53. The molecule has 4 aromatic carbocycles.